The van der Waals surface area contributed by atoms with Crippen LogP contribution in [0, 0.1) is 0 Å². The Morgan fingerprint density at radius 3 is 2.60 bits per heavy atom. The molecule has 0 bridgehead atoms. The summed E-state index contributed by atoms with van der Waals surface area (Å²) in [6.07, 6.45) is 0. The molecular formula is C13H11BrCl2N2O2. The SMILES string of the molecule is COC(=O)c1ccc(CNc2c(Cl)cc(Br)cc2Cl)[nH]1. The molecule has 0 spiro atoms. The molecule has 0 saturated carbocycles. The molecule has 7 heteroatoms. The van der Waals surface area contributed by atoms with Crippen molar-refractivity contribution in [1.29, 1.82) is 0 Å². The third-order valence-electron chi connectivity index (χ3n) is 2.61. The molecule has 0 aliphatic rings. The number of H-pyrrole nitrogens is 1. The fourth-order valence-electron chi connectivity index (χ4n) is 1.67. The van der Waals surface area contributed by atoms with Crippen molar-refractivity contribution in [3.63, 3.8) is 0 Å². The number of aromatic amines is 1. The Balaban J connectivity index is 2.09. The second-order valence-corrected chi connectivity index (χ2v) is 5.72. The summed E-state index contributed by atoms with van der Waals surface area (Å²) in [6.45, 7) is 0.456. The summed E-state index contributed by atoms with van der Waals surface area (Å²) in [7, 11) is 1.34. The molecule has 0 fully saturated rings. The number of benzene rings is 1. The Morgan fingerprint density at radius 2 is 2.00 bits per heavy atom. The van der Waals surface area contributed by atoms with Crippen LogP contribution in [-0.4, -0.2) is 18.1 Å². The molecule has 1 heterocycles. The number of nitrogens with one attached hydrogen (secondary N) is 2. The zero-order valence-electron chi connectivity index (χ0n) is 10.5. The van der Waals surface area contributed by atoms with Crippen molar-refractivity contribution < 1.29 is 9.53 Å². The largest absolute Gasteiger partial charge is 0.464 e. The molecular weight excluding hydrogens is 367 g/mol. The molecule has 0 saturated heterocycles. The van der Waals surface area contributed by atoms with Crippen LogP contribution in [-0.2, 0) is 11.3 Å². The lowest BCUT2D eigenvalue weighted by atomic mass is 10.3. The summed E-state index contributed by atoms with van der Waals surface area (Å²) in [5, 5.41) is 4.16. The normalized spacial score (nSPS) is 10.4. The number of rotatable bonds is 4. The summed E-state index contributed by atoms with van der Waals surface area (Å²) in [4.78, 5) is 14.3. The van der Waals surface area contributed by atoms with E-state index in [1.807, 2.05) is 0 Å². The molecule has 2 aromatic rings. The monoisotopic (exact) mass is 376 g/mol. The maximum absolute atomic E-state index is 11.3. The van der Waals surface area contributed by atoms with E-state index in [4.69, 9.17) is 23.2 Å². The Morgan fingerprint density at radius 1 is 1.35 bits per heavy atom. The van der Waals surface area contributed by atoms with Crippen molar-refractivity contribution in [1.82, 2.24) is 4.98 Å². The van der Waals surface area contributed by atoms with Gasteiger partial charge in [-0.2, -0.15) is 0 Å². The van der Waals surface area contributed by atoms with Crippen LogP contribution < -0.4 is 5.32 Å². The lowest BCUT2D eigenvalue weighted by molar-refractivity contribution is 0.0594. The number of ether oxygens (including phenoxy) is 1. The van der Waals surface area contributed by atoms with Crippen LogP contribution in [0.1, 0.15) is 16.2 Å². The van der Waals surface area contributed by atoms with Crippen LogP contribution in [0.2, 0.25) is 10.0 Å². The van der Waals surface area contributed by atoms with E-state index in [0.717, 1.165) is 10.2 Å². The van der Waals surface area contributed by atoms with Gasteiger partial charge in [0, 0.05) is 10.2 Å². The molecule has 0 atom stereocenters. The fourth-order valence-corrected chi connectivity index (χ4v) is 3.01. The molecule has 1 aromatic carbocycles. The van der Waals surface area contributed by atoms with Crippen LogP contribution in [0.3, 0.4) is 0 Å². The molecule has 0 amide bonds. The van der Waals surface area contributed by atoms with Crippen molar-refractivity contribution >= 4 is 50.8 Å². The molecule has 4 nitrogen and oxygen atoms in total. The van der Waals surface area contributed by atoms with Gasteiger partial charge in [-0.05, 0) is 24.3 Å². The van der Waals surface area contributed by atoms with Gasteiger partial charge in [0.15, 0.2) is 0 Å². The number of hydrogen-bond donors (Lipinski definition) is 2. The van der Waals surface area contributed by atoms with E-state index in [2.05, 4.69) is 31.0 Å². The van der Waals surface area contributed by atoms with E-state index in [-0.39, 0.29) is 0 Å². The van der Waals surface area contributed by atoms with Gasteiger partial charge in [-0.3, -0.25) is 0 Å². The zero-order chi connectivity index (χ0) is 14.7. The van der Waals surface area contributed by atoms with E-state index < -0.39 is 5.97 Å². The number of hydrogen-bond acceptors (Lipinski definition) is 3. The quantitative estimate of drug-likeness (QED) is 0.772. The molecule has 106 valence electrons. The summed E-state index contributed by atoms with van der Waals surface area (Å²) < 4.78 is 5.44. The third kappa shape index (κ3) is 3.48. The van der Waals surface area contributed by atoms with Gasteiger partial charge in [0.1, 0.15) is 5.69 Å². The third-order valence-corrected chi connectivity index (χ3v) is 3.67. The molecule has 0 radical (unpaired) electrons. The maximum Gasteiger partial charge on any atom is 0.354 e. The van der Waals surface area contributed by atoms with Crippen molar-refractivity contribution in [2.75, 3.05) is 12.4 Å². The van der Waals surface area contributed by atoms with Crippen LogP contribution in [0.25, 0.3) is 0 Å². The predicted octanol–water partition coefficient (Wildman–Crippen LogP) is 4.48. The van der Waals surface area contributed by atoms with Crippen molar-refractivity contribution in [2.45, 2.75) is 6.54 Å². The Bertz CT molecular complexity index is 620. The second-order valence-electron chi connectivity index (χ2n) is 3.99. The smallest absolute Gasteiger partial charge is 0.354 e. The van der Waals surface area contributed by atoms with Crippen molar-refractivity contribution in [3.8, 4) is 0 Å². The average Bonchev–Trinajstić information content (AvgIpc) is 2.85. The highest BCUT2D eigenvalue weighted by Crippen LogP contribution is 2.34. The first-order valence-corrected chi connectivity index (χ1v) is 7.20. The summed E-state index contributed by atoms with van der Waals surface area (Å²) >= 11 is 15.6. The van der Waals surface area contributed by atoms with Crippen LogP contribution in [0.5, 0.6) is 0 Å². The van der Waals surface area contributed by atoms with Crippen molar-refractivity contribution in [3.05, 3.63) is 50.2 Å². The minimum absolute atomic E-state index is 0.400. The Hall–Kier alpha value is -1.17. The van der Waals surface area contributed by atoms with Gasteiger partial charge in [-0.25, -0.2) is 4.79 Å². The first kappa shape index (κ1) is 15.2. The van der Waals surface area contributed by atoms with E-state index in [1.54, 1.807) is 24.3 Å². The zero-order valence-corrected chi connectivity index (χ0v) is 13.6. The molecule has 0 aliphatic carbocycles. The minimum Gasteiger partial charge on any atom is -0.464 e. The topological polar surface area (TPSA) is 54.1 Å². The molecule has 2 rings (SSSR count). The number of carbonyl (C=O) groups is 1. The summed E-state index contributed by atoms with van der Waals surface area (Å²) in [5.41, 5.74) is 1.86. The first-order chi connectivity index (χ1) is 9.51. The lowest BCUT2D eigenvalue weighted by Crippen LogP contribution is -2.04. The maximum atomic E-state index is 11.3. The number of methoxy groups -OCH3 is 1. The van der Waals surface area contributed by atoms with E-state index in [0.29, 0.717) is 28.0 Å². The number of carbonyl (C=O) groups excluding carboxylic acids is 1. The van der Waals surface area contributed by atoms with Gasteiger partial charge in [0.25, 0.3) is 0 Å². The number of anilines is 1. The number of halogens is 3. The van der Waals surface area contributed by atoms with Gasteiger partial charge in [-0.15, -0.1) is 0 Å². The molecule has 1 aromatic heterocycles. The summed E-state index contributed by atoms with van der Waals surface area (Å²) in [6, 6.07) is 6.96. The first-order valence-electron chi connectivity index (χ1n) is 5.66. The number of esters is 1. The van der Waals surface area contributed by atoms with Gasteiger partial charge in [-0.1, -0.05) is 39.1 Å². The number of aromatic nitrogens is 1. The lowest BCUT2D eigenvalue weighted by Gasteiger charge is -2.10. The van der Waals surface area contributed by atoms with Crippen LogP contribution in [0.4, 0.5) is 5.69 Å². The molecule has 20 heavy (non-hydrogen) atoms. The van der Waals surface area contributed by atoms with E-state index in [1.165, 1.54) is 7.11 Å². The Kier molecular flexibility index (Phi) is 4.96. The highest BCUT2D eigenvalue weighted by molar-refractivity contribution is 9.10. The summed E-state index contributed by atoms with van der Waals surface area (Å²) in [5.74, 6) is -0.407. The fraction of sp³-hybridized carbons (Fsp3) is 0.154. The van der Waals surface area contributed by atoms with Gasteiger partial charge < -0.3 is 15.0 Å². The van der Waals surface area contributed by atoms with Crippen LogP contribution in [0.15, 0.2) is 28.7 Å². The Labute approximate surface area is 134 Å². The highest BCUT2D eigenvalue weighted by Gasteiger charge is 2.10. The molecule has 0 unspecified atom stereocenters. The minimum atomic E-state index is -0.407. The second kappa shape index (κ2) is 6.52. The van der Waals surface area contributed by atoms with E-state index >= 15 is 0 Å². The average molecular weight is 378 g/mol. The molecule has 0 aliphatic heterocycles. The van der Waals surface area contributed by atoms with E-state index in [9.17, 15) is 4.79 Å². The van der Waals surface area contributed by atoms with Gasteiger partial charge in [0.2, 0.25) is 0 Å². The van der Waals surface area contributed by atoms with Crippen molar-refractivity contribution in [2.24, 2.45) is 0 Å². The van der Waals surface area contributed by atoms with Gasteiger partial charge in [0.05, 0.1) is 29.4 Å². The van der Waals surface area contributed by atoms with Crippen LogP contribution >= 0.6 is 39.1 Å². The highest BCUT2D eigenvalue weighted by atomic mass is 79.9. The van der Waals surface area contributed by atoms with Gasteiger partial charge >= 0.3 is 5.97 Å². The standard InChI is InChI=1S/C13H11BrCl2N2O2/c1-20-13(19)11-3-2-8(18-11)6-17-12-9(15)4-7(14)5-10(12)16/h2-5,17-18H,6H2,1H3. The molecule has 2 N–H and O–H groups in total. The predicted molar refractivity (Wildman–Crippen MR) is 83.6 cm³/mol.